The van der Waals surface area contributed by atoms with Crippen LogP contribution in [0.25, 0.3) is 10.9 Å². The molecular formula is C25H26N4O4. The first-order valence-electron chi connectivity index (χ1n) is 11.1. The number of benzene rings is 2. The number of anilines is 1. The predicted molar refractivity (Wildman–Crippen MR) is 124 cm³/mol. The molecule has 0 bridgehead atoms. The van der Waals surface area contributed by atoms with E-state index in [1.807, 2.05) is 24.3 Å². The molecule has 0 aliphatic carbocycles. The molecule has 3 heterocycles. The fourth-order valence-corrected chi connectivity index (χ4v) is 4.93. The van der Waals surface area contributed by atoms with Gasteiger partial charge in [-0.05, 0) is 49.6 Å². The molecular weight excluding hydrogens is 420 g/mol. The largest absolute Gasteiger partial charge is 0.385 e. The lowest BCUT2D eigenvalue weighted by Gasteiger charge is -2.35. The molecule has 0 spiro atoms. The maximum Gasteiger partial charge on any atom is 0.332 e. The molecule has 170 valence electrons. The number of urea groups is 1. The molecule has 1 aromatic heterocycles. The Hall–Kier alpha value is -3.65. The number of carbonyl (C=O) groups excluding carboxylic acids is 3. The van der Waals surface area contributed by atoms with Crippen molar-refractivity contribution in [3.05, 3.63) is 65.4 Å². The van der Waals surface area contributed by atoms with Gasteiger partial charge in [-0.25, -0.2) is 9.69 Å². The summed E-state index contributed by atoms with van der Waals surface area (Å²) in [6, 6.07) is 14.2. The van der Waals surface area contributed by atoms with Gasteiger partial charge in [0.05, 0.1) is 11.4 Å². The average Bonchev–Trinajstić information content (AvgIpc) is 3.30. The van der Waals surface area contributed by atoms with E-state index >= 15 is 0 Å². The van der Waals surface area contributed by atoms with Crippen molar-refractivity contribution in [2.24, 2.45) is 0 Å². The van der Waals surface area contributed by atoms with Crippen LogP contribution in [0.15, 0.2) is 48.5 Å². The van der Waals surface area contributed by atoms with Crippen LogP contribution < -0.4 is 10.2 Å². The van der Waals surface area contributed by atoms with Gasteiger partial charge in [0.15, 0.2) is 5.54 Å². The van der Waals surface area contributed by atoms with E-state index in [0.29, 0.717) is 43.8 Å². The minimum Gasteiger partial charge on any atom is -0.385 e. The molecule has 1 atom stereocenters. The minimum absolute atomic E-state index is 0.256. The number of ether oxygens (including phenoxy) is 1. The second kappa shape index (κ2) is 8.04. The van der Waals surface area contributed by atoms with Crippen LogP contribution in [0.4, 0.5) is 10.5 Å². The zero-order valence-corrected chi connectivity index (χ0v) is 18.7. The number of para-hydroxylation sites is 1. The maximum absolute atomic E-state index is 13.8. The monoisotopic (exact) mass is 446 g/mol. The van der Waals surface area contributed by atoms with Crippen LogP contribution in [0, 0.1) is 0 Å². The second-order valence-electron chi connectivity index (χ2n) is 8.57. The van der Waals surface area contributed by atoms with Crippen molar-refractivity contribution < 1.29 is 19.1 Å². The number of hydrogen-bond acceptors (Lipinski definition) is 4. The van der Waals surface area contributed by atoms with Crippen molar-refractivity contribution in [1.29, 1.82) is 0 Å². The van der Waals surface area contributed by atoms with E-state index in [-0.39, 0.29) is 17.8 Å². The van der Waals surface area contributed by atoms with E-state index in [1.165, 1.54) is 4.90 Å². The highest BCUT2D eigenvalue weighted by Crippen LogP contribution is 2.45. The lowest BCUT2D eigenvalue weighted by atomic mass is 9.87. The Morgan fingerprint density at radius 3 is 2.82 bits per heavy atom. The van der Waals surface area contributed by atoms with E-state index < -0.39 is 5.54 Å². The third-order valence-corrected chi connectivity index (χ3v) is 6.64. The van der Waals surface area contributed by atoms with Gasteiger partial charge in [-0.15, -0.1) is 0 Å². The number of H-pyrrole nitrogens is 1. The standard InChI is InChI=1S/C25H26N4O4/c1-25-21-19(18-9-3-4-10-20(18)27-21)11-13-28(25)24(32)29(23(25)31)17-8-5-7-16(15-17)22(30)26-12-6-14-33-2/h3-5,7-10,15,27H,6,11-14H2,1-2H3,(H,26,30)/t25-/m0/s1. The summed E-state index contributed by atoms with van der Waals surface area (Å²) in [6.45, 7) is 3.29. The smallest absolute Gasteiger partial charge is 0.332 e. The highest BCUT2D eigenvalue weighted by molar-refractivity contribution is 6.24. The van der Waals surface area contributed by atoms with Gasteiger partial charge in [-0.2, -0.15) is 0 Å². The van der Waals surface area contributed by atoms with Crippen molar-refractivity contribution >= 4 is 34.4 Å². The second-order valence-corrected chi connectivity index (χ2v) is 8.57. The van der Waals surface area contributed by atoms with Crippen molar-refractivity contribution in [1.82, 2.24) is 15.2 Å². The maximum atomic E-state index is 13.8. The molecule has 0 radical (unpaired) electrons. The average molecular weight is 447 g/mol. The van der Waals surface area contributed by atoms with Crippen LogP contribution in [0.5, 0.6) is 0 Å². The molecule has 33 heavy (non-hydrogen) atoms. The van der Waals surface area contributed by atoms with Gasteiger partial charge < -0.3 is 19.9 Å². The molecule has 5 rings (SSSR count). The molecule has 3 aromatic rings. The summed E-state index contributed by atoms with van der Waals surface area (Å²) in [4.78, 5) is 46.0. The van der Waals surface area contributed by atoms with Gasteiger partial charge in [0, 0.05) is 43.3 Å². The highest BCUT2D eigenvalue weighted by atomic mass is 16.5. The fraction of sp³-hybridized carbons (Fsp3) is 0.320. The Morgan fingerprint density at radius 1 is 1.18 bits per heavy atom. The Morgan fingerprint density at radius 2 is 2.00 bits per heavy atom. The molecule has 2 N–H and O–H groups in total. The van der Waals surface area contributed by atoms with E-state index in [2.05, 4.69) is 10.3 Å². The Labute approximate surface area is 191 Å². The Bertz CT molecular complexity index is 1270. The molecule has 8 heteroatoms. The number of hydrogen-bond donors (Lipinski definition) is 2. The number of aromatic nitrogens is 1. The number of nitrogens with one attached hydrogen (secondary N) is 2. The number of rotatable bonds is 6. The van der Waals surface area contributed by atoms with Crippen molar-refractivity contribution in [3.8, 4) is 0 Å². The number of methoxy groups -OCH3 is 1. The highest BCUT2D eigenvalue weighted by Gasteiger charge is 2.59. The topological polar surface area (TPSA) is 94.7 Å². The molecule has 0 unspecified atom stereocenters. The molecule has 1 fully saturated rings. The van der Waals surface area contributed by atoms with Gasteiger partial charge in [0.25, 0.3) is 11.8 Å². The number of imide groups is 1. The van der Waals surface area contributed by atoms with Crippen molar-refractivity contribution in [2.45, 2.75) is 25.3 Å². The normalized spacial score (nSPS) is 19.7. The van der Waals surface area contributed by atoms with E-state index in [9.17, 15) is 14.4 Å². The molecule has 4 amide bonds. The zero-order valence-electron chi connectivity index (χ0n) is 18.7. The van der Waals surface area contributed by atoms with Gasteiger partial charge in [-0.1, -0.05) is 24.3 Å². The quantitative estimate of drug-likeness (QED) is 0.449. The summed E-state index contributed by atoms with van der Waals surface area (Å²) in [5.41, 5.74) is 2.47. The van der Waals surface area contributed by atoms with E-state index in [0.717, 1.165) is 22.2 Å². The fourth-order valence-electron chi connectivity index (χ4n) is 4.93. The number of fused-ring (bicyclic) bond motifs is 5. The Kier molecular flexibility index (Phi) is 5.17. The summed E-state index contributed by atoms with van der Waals surface area (Å²) in [5.74, 6) is -0.577. The van der Waals surface area contributed by atoms with Crippen molar-refractivity contribution in [2.75, 3.05) is 31.7 Å². The number of aromatic amines is 1. The first-order valence-corrected chi connectivity index (χ1v) is 11.1. The lowest BCUT2D eigenvalue weighted by Crippen LogP contribution is -2.49. The molecule has 0 saturated carbocycles. The summed E-state index contributed by atoms with van der Waals surface area (Å²) in [5, 5.41) is 3.92. The summed E-state index contributed by atoms with van der Waals surface area (Å²) >= 11 is 0. The van der Waals surface area contributed by atoms with Gasteiger partial charge in [0.2, 0.25) is 0 Å². The first-order chi connectivity index (χ1) is 16.0. The molecule has 2 aliphatic rings. The summed E-state index contributed by atoms with van der Waals surface area (Å²) in [6.07, 6.45) is 1.37. The first kappa shape index (κ1) is 21.2. The van der Waals surface area contributed by atoms with E-state index in [4.69, 9.17) is 4.74 Å². The van der Waals surface area contributed by atoms with Crippen LogP contribution in [0.2, 0.25) is 0 Å². The van der Waals surface area contributed by atoms with Crippen LogP contribution in [0.1, 0.15) is 35.0 Å². The Balaban J connectivity index is 1.48. The number of nitrogens with zero attached hydrogens (tertiary/aromatic N) is 2. The zero-order chi connectivity index (χ0) is 23.2. The number of amides is 4. The van der Waals surface area contributed by atoms with Crippen LogP contribution >= 0.6 is 0 Å². The van der Waals surface area contributed by atoms with Gasteiger partial charge in [-0.3, -0.25) is 9.59 Å². The van der Waals surface area contributed by atoms with Gasteiger partial charge >= 0.3 is 6.03 Å². The molecule has 2 aliphatic heterocycles. The molecule has 1 saturated heterocycles. The lowest BCUT2D eigenvalue weighted by molar-refractivity contribution is -0.125. The van der Waals surface area contributed by atoms with Crippen LogP contribution in [-0.4, -0.2) is 54.5 Å². The van der Waals surface area contributed by atoms with Gasteiger partial charge in [0.1, 0.15) is 0 Å². The van der Waals surface area contributed by atoms with E-state index in [1.54, 1.807) is 43.2 Å². The summed E-state index contributed by atoms with van der Waals surface area (Å²) < 4.78 is 5.00. The van der Waals surface area contributed by atoms with Crippen LogP contribution in [0.3, 0.4) is 0 Å². The number of carbonyl (C=O) groups is 3. The third kappa shape index (κ3) is 3.21. The predicted octanol–water partition coefficient (Wildman–Crippen LogP) is 3.17. The minimum atomic E-state index is -1.12. The SMILES string of the molecule is COCCCNC(=O)c1cccc(N2C(=O)N3CCc4c([nH]c5ccccc45)[C@@]3(C)C2=O)c1. The summed E-state index contributed by atoms with van der Waals surface area (Å²) in [7, 11) is 1.61. The molecule has 2 aromatic carbocycles. The molecule has 8 nitrogen and oxygen atoms in total. The van der Waals surface area contributed by atoms with Crippen LogP contribution in [-0.2, 0) is 21.5 Å². The third-order valence-electron chi connectivity index (χ3n) is 6.64. The van der Waals surface area contributed by atoms with Crippen molar-refractivity contribution in [3.63, 3.8) is 0 Å².